The van der Waals surface area contributed by atoms with E-state index in [1.165, 1.54) is 17.0 Å². The number of hydrogen-bond acceptors (Lipinski definition) is 4. The third-order valence-corrected chi connectivity index (χ3v) is 7.64. The number of carbonyl (C=O) groups is 2. The summed E-state index contributed by atoms with van der Waals surface area (Å²) in [6.07, 6.45) is 1.95. The molecule has 3 aromatic rings. The zero-order chi connectivity index (χ0) is 28.6. The summed E-state index contributed by atoms with van der Waals surface area (Å²) in [5, 5.41) is 3.00. The SMILES string of the molecule is CC[C@H](C)NC(=O)[C@@H](Cc1ccccc1)N(Cc1cccc(C)c1)C(=O)CN(c1ccc(F)cc1)S(C)(=O)=O. The molecule has 0 bridgehead atoms. The standard InChI is InChI=1S/C30H36FN3O4S/c1-5-23(3)32-30(36)28(19-24-11-7-6-8-12-24)33(20-25-13-9-10-22(2)18-25)29(35)21-34(39(4,37)38)27-16-14-26(31)15-17-27/h6-18,23,28H,5,19-21H2,1-4H3,(H,32,36)/t23-,28+/m0/s1. The minimum absolute atomic E-state index is 0.104. The summed E-state index contributed by atoms with van der Waals surface area (Å²) in [6.45, 7) is 5.35. The van der Waals surface area contributed by atoms with E-state index in [1.54, 1.807) is 0 Å². The maximum absolute atomic E-state index is 14.0. The summed E-state index contributed by atoms with van der Waals surface area (Å²) in [5.74, 6) is -1.39. The summed E-state index contributed by atoms with van der Waals surface area (Å²) in [4.78, 5) is 29.1. The van der Waals surface area contributed by atoms with Gasteiger partial charge in [0.1, 0.15) is 18.4 Å². The lowest BCUT2D eigenvalue weighted by atomic mass is 10.0. The highest BCUT2D eigenvalue weighted by molar-refractivity contribution is 7.92. The molecule has 0 aliphatic heterocycles. The van der Waals surface area contributed by atoms with Gasteiger partial charge in [-0.05, 0) is 55.7 Å². The van der Waals surface area contributed by atoms with E-state index in [-0.39, 0.29) is 30.6 Å². The van der Waals surface area contributed by atoms with Crippen LogP contribution in [0.1, 0.15) is 37.0 Å². The number of sulfonamides is 1. The van der Waals surface area contributed by atoms with E-state index >= 15 is 0 Å². The first kappa shape index (κ1) is 29.8. The maximum atomic E-state index is 14.0. The van der Waals surface area contributed by atoms with E-state index in [1.807, 2.05) is 75.4 Å². The molecule has 0 aliphatic rings. The molecule has 39 heavy (non-hydrogen) atoms. The Balaban J connectivity index is 2.05. The molecule has 1 N–H and O–H groups in total. The van der Waals surface area contributed by atoms with Crippen molar-refractivity contribution in [2.45, 2.75) is 52.2 Å². The van der Waals surface area contributed by atoms with Crippen LogP contribution in [0, 0.1) is 12.7 Å². The number of benzene rings is 3. The molecule has 7 nitrogen and oxygen atoms in total. The minimum Gasteiger partial charge on any atom is -0.352 e. The van der Waals surface area contributed by atoms with Crippen molar-refractivity contribution in [3.05, 3.63) is 101 Å². The largest absolute Gasteiger partial charge is 0.352 e. The molecule has 0 fully saturated rings. The molecule has 0 saturated heterocycles. The van der Waals surface area contributed by atoms with Crippen LogP contribution < -0.4 is 9.62 Å². The van der Waals surface area contributed by atoms with Crippen molar-refractivity contribution in [2.24, 2.45) is 0 Å². The summed E-state index contributed by atoms with van der Waals surface area (Å²) in [6, 6.07) is 20.9. The fourth-order valence-corrected chi connectivity index (χ4v) is 5.07. The van der Waals surface area contributed by atoms with Crippen LogP contribution in [0.2, 0.25) is 0 Å². The zero-order valence-electron chi connectivity index (χ0n) is 22.8. The summed E-state index contributed by atoms with van der Waals surface area (Å²) in [7, 11) is -3.90. The van der Waals surface area contributed by atoms with Gasteiger partial charge in [-0.2, -0.15) is 0 Å². The first-order chi connectivity index (χ1) is 18.5. The van der Waals surface area contributed by atoms with Crippen LogP contribution in [0.4, 0.5) is 10.1 Å². The van der Waals surface area contributed by atoms with Gasteiger partial charge in [-0.3, -0.25) is 13.9 Å². The zero-order valence-corrected chi connectivity index (χ0v) is 23.6. The minimum atomic E-state index is -3.90. The van der Waals surface area contributed by atoms with E-state index in [0.29, 0.717) is 6.42 Å². The lowest BCUT2D eigenvalue weighted by molar-refractivity contribution is -0.140. The lowest BCUT2D eigenvalue weighted by Crippen LogP contribution is -2.54. The number of nitrogens with zero attached hydrogens (tertiary/aromatic N) is 2. The van der Waals surface area contributed by atoms with Gasteiger partial charge in [0.2, 0.25) is 21.8 Å². The normalized spacial score (nSPS) is 12.8. The second kappa shape index (κ2) is 13.4. The van der Waals surface area contributed by atoms with Crippen LogP contribution in [0.15, 0.2) is 78.9 Å². The van der Waals surface area contributed by atoms with Crippen molar-refractivity contribution in [1.82, 2.24) is 10.2 Å². The molecule has 0 spiro atoms. The van der Waals surface area contributed by atoms with Gasteiger partial charge < -0.3 is 10.2 Å². The molecular formula is C30H36FN3O4S. The van der Waals surface area contributed by atoms with Gasteiger partial charge in [0.25, 0.3) is 0 Å². The second-order valence-corrected chi connectivity index (χ2v) is 11.7. The van der Waals surface area contributed by atoms with E-state index in [0.717, 1.165) is 39.4 Å². The average molecular weight is 554 g/mol. The molecular weight excluding hydrogens is 517 g/mol. The molecule has 0 radical (unpaired) electrons. The Morgan fingerprint density at radius 3 is 2.18 bits per heavy atom. The smallest absolute Gasteiger partial charge is 0.244 e. The quantitative estimate of drug-likeness (QED) is 0.359. The molecule has 2 atom stereocenters. The van der Waals surface area contributed by atoms with Gasteiger partial charge in [0.05, 0.1) is 11.9 Å². The third-order valence-electron chi connectivity index (χ3n) is 6.50. The number of rotatable bonds is 12. The van der Waals surface area contributed by atoms with Crippen molar-refractivity contribution in [3.8, 4) is 0 Å². The topological polar surface area (TPSA) is 86.8 Å². The number of nitrogens with one attached hydrogen (secondary N) is 1. The van der Waals surface area contributed by atoms with E-state index in [4.69, 9.17) is 0 Å². The summed E-state index contributed by atoms with van der Waals surface area (Å²) >= 11 is 0. The van der Waals surface area contributed by atoms with Crippen LogP contribution >= 0.6 is 0 Å². The Kier molecular flexibility index (Phi) is 10.2. The van der Waals surface area contributed by atoms with Gasteiger partial charge in [-0.1, -0.05) is 67.1 Å². The lowest BCUT2D eigenvalue weighted by Gasteiger charge is -2.34. The third kappa shape index (κ3) is 8.64. The van der Waals surface area contributed by atoms with Crippen molar-refractivity contribution >= 4 is 27.5 Å². The van der Waals surface area contributed by atoms with Crippen molar-refractivity contribution in [3.63, 3.8) is 0 Å². The van der Waals surface area contributed by atoms with Crippen LogP contribution in [0.25, 0.3) is 0 Å². The van der Waals surface area contributed by atoms with Crippen LogP contribution in [0.5, 0.6) is 0 Å². The number of anilines is 1. The van der Waals surface area contributed by atoms with E-state index in [9.17, 15) is 22.4 Å². The molecule has 0 aliphatic carbocycles. The van der Waals surface area contributed by atoms with Crippen LogP contribution in [-0.4, -0.2) is 50.0 Å². The van der Waals surface area contributed by atoms with Crippen molar-refractivity contribution in [1.29, 1.82) is 0 Å². The monoisotopic (exact) mass is 553 g/mol. The predicted molar refractivity (Wildman–Crippen MR) is 152 cm³/mol. The molecule has 0 heterocycles. The number of carbonyl (C=O) groups excluding carboxylic acids is 2. The summed E-state index contributed by atoms with van der Waals surface area (Å²) in [5.41, 5.74) is 2.83. The molecule has 3 rings (SSSR count). The highest BCUT2D eigenvalue weighted by Crippen LogP contribution is 2.21. The fourth-order valence-electron chi connectivity index (χ4n) is 4.22. The molecule has 2 amide bonds. The van der Waals surface area contributed by atoms with Gasteiger partial charge in [-0.25, -0.2) is 12.8 Å². The van der Waals surface area contributed by atoms with Gasteiger partial charge in [0.15, 0.2) is 0 Å². The Morgan fingerprint density at radius 2 is 1.59 bits per heavy atom. The van der Waals surface area contributed by atoms with E-state index in [2.05, 4.69) is 5.32 Å². The van der Waals surface area contributed by atoms with Crippen molar-refractivity contribution in [2.75, 3.05) is 17.1 Å². The first-order valence-corrected chi connectivity index (χ1v) is 14.7. The van der Waals surface area contributed by atoms with Crippen LogP contribution in [0.3, 0.4) is 0 Å². The van der Waals surface area contributed by atoms with Gasteiger partial charge >= 0.3 is 0 Å². The van der Waals surface area contributed by atoms with E-state index < -0.39 is 34.3 Å². The highest BCUT2D eigenvalue weighted by Gasteiger charge is 2.33. The number of amides is 2. The predicted octanol–water partition coefficient (Wildman–Crippen LogP) is 4.45. The van der Waals surface area contributed by atoms with Crippen molar-refractivity contribution < 1.29 is 22.4 Å². The number of hydrogen-bond donors (Lipinski definition) is 1. The first-order valence-electron chi connectivity index (χ1n) is 12.9. The fraction of sp³-hybridized carbons (Fsp3) is 0.333. The molecule has 0 unspecified atom stereocenters. The number of aryl methyl sites for hydroxylation is 1. The van der Waals surface area contributed by atoms with Gasteiger partial charge in [-0.15, -0.1) is 0 Å². The molecule has 3 aromatic carbocycles. The van der Waals surface area contributed by atoms with Gasteiger partial charge in [0, 0.05) is 19.0 Å². The Labute approximate surface area is 230 Å². The van der Waals surface area contributed by atoms with Crippen LogP contribution in [-0.2, 0) is 32.6 Å². The highest BCUT2D eigenvalue weighted by atomic mass is 32.2. The molecule has 208 valence electrons. The number of halogens is 1. The molecule has 9 heteroatoms. The Bertz CT molecular complexity index is 1360. The summed E-state index contributed by atoms with van der Waals surface area (Å²) < 4.78 is 40.0. The Hall–Kier alpha value is -3.72. The Morgan fingerprint density at radius 1 is 0.949 bits per heavy atom. The maximum Gasteiger partial charge on any atom is 0.244 e. The second-order valence-electron chi connectivity index (χ2n) is 9.78. The average Bonchev–Trinajstić information content (AvgIpc) is 2.89. The molecule has 0 aromatic heterocycles. The molecule has 0 saturated carbocycles.